The van der Waals surface area contributed by atoms with Crippen LogP contribution in [0.15, 0.2) is 36.4 Å². The van der Waals surface area contributed by atoms with E-state index in [1.807, 2.05) is 0 Å². The van der Waals surface area contributed by atoms with Crippen molar-refractivity contribution < 1.29 is 13.5 Å². The van der Waals surface area contributed by atoms with E-state index in [0.29, 0.717) is 23.7 Å². The van der Waals surface area contributed by atoms with Crippen molar-refractivity contribution in [2.24, 2.45) is 0 Å². The van der Waals surface area contributed by atoms with Gasteiger partial charge in [0.25, 0.3) is 0 Å². The molecule has 27 heavy (non-hydrogen) atoms. The Balaban J connectivity index is 2.93. The predicted octanol–water partition coefficient (Wildman–Crippen LogP) is 7.59. The van der Waals surface area contributed by atoms with E-state index in [-0.39, 0.29) is 0 Å². The van der Waals surface area contributed by atoms with Crippen LogP contribution >= 0.6 is 19.1 Å². The molecule has 2 aromatic rings. The van der Waals surface area contributed by atoms with Crippen LogP contribution in [0.4, 0.5) is 0 Å². The zero-order valence-corrected chi connectivity index (χ0v) is 20.9. The number of hydrogen-bond donors (Lipinski definition) is 0. The third-order valence-electron chi connectivity index (χ3n) is 4.93. The maximum atomic E-state index is 7.50. The van der Waals surface area contributed by atoms with E-state index in [9.17, 15) is 0 Å². The average Bonchev–Trinajstić information content (AvgIpc) is 2.59. The molecule has 0 amide bonds. The number of benzene rings is 2. The minimum atomic E-state index is -3.09. The molecule has 0 fully saturated rings. The van der Waals surface area contributed by atoms with E-state index in [2.05, 4.69) is 91.8 Å². The molecule has 0 saturated heterocycles. The standard InChI is InChI=1S/2C12H17.2ClH.Pd/c2*1-9(2)11-6-5-7-12(8-11)10(3)4;;;/h2*5-7,9-10H,1-4H3;2*1H;/q;;;;+2/p-2. The Kier molecular flexibility index (Phi) is 7.66. The maximum absolute atomic E-state index is 7.50. The van der Waals surface area contributed by atoms with Gasteiger partial charge >= 0.3 is 178 Å². The first kappa shape index (κ1) is 23.0. The summed E-state index contributed by atoms with van der Waals surface area (Å²) in [7, 11) is 15.0. The molecule has 0 aliphatic rings. The van der Waals surface area contributed by atoms with E-state index in [1.54, 1.807) is 0 Å². The predicted molar refractivity (Wildman–Crippen MR) is 120 cm³/mol. The van der Waals surface area contributed by atoms with Gasteiger partial charge in [-0.3, -0.25) is 0 Å². The molecule has 0 unspecified atom stereocenters. The summed E-state index contributed by atoms with van der Waals surface area (Å²) in [4.78, 5) is 0. The Labute approximate surface area is 177 Å². The van der Waals surface area contributed by atoms with Gasteiger partial charge in [-0.25, -0.2) is 0 Å². The van der Waals surface area contributed by atoms with Crippen molar-refractivity contribution in [3.05, 3.63) is 58.7 Å². The van der Waals surface area contributed by atoms with Crippen LogP contribution in [0, 0.1) is 0 Å². The molecule has 0 heterocycles. The molecule has 0 spiro atoms. The minimum absolute atomic E-state index is 0.389. The fourth-order valence-electron chi connectivity index (χ4n) is 3.37. The van der Waals surface area contributed by atoms with Crippen molar-refractivity contribution in [1.29, 1.82) is 0 Å². The Morgan fingerprint density at radius 3 is 0.926 bits per heavy atom. The second kappa shape index (κ2) is 9.01. The summed E-state index contributed by atoms with van der Waals surface area (Å²) in [6, 6.07) is 13.2. The van der Waals surface area contributed by atoms with Gasteiger partial charge in [-0.2, -0.15) is 0 Å². The van der Waals surface area contributed by atoms with Gasteiger partial charge in [0.1, 0.15) is 0 Å². The zero-order valence-electron chi connectivity index (χ0n) is 17.8. The van der Waals surface area contributed by atoms with Gasteiger partial charge in [-0.05, 0) is 0 Å². The Bertz CT molecular complexity index is 671. The van der Waals surface area contributed by atoms with Gasteiger partial charge in [-0.15, -0.1) is 0 Å². The summed E-state index contributed by atoms with van der Waals surface area (Å²) < 4.78 is 2.45. The van der Waals surface area contributed by atoms with Gasteiger partial charge in [0.05, 0.1) is 0 Å². The van der Waals surface area contributed by atoms with Crippen molar-refractivity contribution in [2.75, 3.05) is 0 Å². The van der Waals surface area contributed by atoms with Gasteiger partial charge in [0, 0.05) is 0 Å². The average molecular weight is 500 g/mol. The molecule has 0 aliphatic carbocycles. The van der Waals surface area contributed by atoms with Crippen LogP contribution in [-0.4, -0.2) is 0 Å². The van der Waals surface area contributed by atoms with Crippen LogP contribution in [0.1, 0.15) is 101 Å². The van der Waals surface area contributed by atoms with Gasteiger partial charge in [-0.1, -0.05) is 0 Å². The number of rotatable bonds is 6. The van der Waals surface area contributed by atoms with E-state index < -0.39 is 13.5 Å². The van der Waals surface area contributed by atoms with Crippen LogP contribution in [0.25, 0.3) is 0 Å². The molecule has 154 valence electrons. The molecule has 0 nitrogen and oxygen atoms in total. The van der Waals surface area contributed by atoms with Crippen molar-refractivity contribution in [3.63, 3.8) is 0 Å². The van der Waals surface area contributed by atoms with Gasteiger partial charge in [0.15, 0.2) is 0 Å². The second-order valence-electron chi connectivity index (χ2n) is 8.42. The molecule has 0 atom stereocenters. The molecule has 0 aromatic heterocycles. The third-order valence-corrected chi connectivity index (χ3v) is 11.5. The summed E-state index contributed by atoms with van der Waals surface area (Å²) >= 11 is -3.09. The first-order chi connectivity index (χ1) is 12.5. The third kappa shape index (κ3) is 4.65. The van der Waals surface area contributed by atoms with E-state index in [1.165, 1.54) is 30.3 Å². The van der Waals surface area contributed by atoms with Crippen molar-refractivity contribution >= 4 is 27.1 Å². The van der Waals surface area contributed by atoms with E-state index in [0.717, 1.165) is 0 Å². The fraction of sp³-hybridized carbons (Fsp3) is 0.500. The van der Waals surface area contributed by atoms with E-state index in [4.69, 9.17) is 19.1 Å². The summed E-state index contributed by atoms with van der Waals surface area (Å²) in [6.45, 7) is 17.9. The van der Waals surface area contributed by atoms with Crippen LogP contribution in [0.2, 0.25) is 0 Å². The monoisotopic (exact) mass is 498 g/mol. The summed E-state index contributed by atoms with van der Waals surface area (Å²) in [5.41, 5.74) is 5.21. The van der Waals surface area contributed by atoms with Crippen LogP contribution in [-0.2, 0) is 13.5 Å². The van der Waals surface area contributed by atoms with E-state index >= 15 is 0 Å². The molecule has 0 saturated carbocycles. The Morgan fingerprint density at radius 2 is 0.741 bits per heavy atom. The second-order valence-corrected chi connectivity index (χ2v) is 16.7. The number of hydrogen-bond acceptors (Lipinski definition) is 0. The summed E-state index contributed by atoms with van der Waals surface area (Å²) in [6.07, 6.45) is 0. The quantitative estimate of drug-likeness (QED) is 0.359. The van der Waals surface area contributed by atoms with Crippen molar-refractivity contribution in [3.8, 4) is 0 Å². The molecule has 2 rings (SSSR count). The van der Waals surface area contributed by atoms with Crippen molar-refractivity contribution in [1.82, 2.24) is 0 Å². The molecule has 3 heteroatoms. The molecular formula is C24H34Cl2Pd. The molecule has 0 radical (unpaired) electrons. The first-order valence-corrected chi connectivity index (χ1v) is 15.4. The number of halogens is 2. The van der Waals surface area contributed by atoms with Crippen molar-refractivity contribution in [2.45, 2.75) is 79.1 Å². The summed E-state index contributed by atoms with van der Waals surface area (Å²) in [5, 5.41) is 0. The van der Waals surface area contributed by atoms with Crippen LogP contribution in [0.3, 0.4) is 0 Å². The SMILES string of the molecule is CC(C)c1cccc(C(C)C)[c]1[Pd]([Cl])([Cl])[c]1c(C(C)C)cccc1C(C)C. The molecule has 0 aliphatic heterocycles. The first-order valence-electron chi connectivity index (χ1n) is 9.82. The molecule has 2 aromatic carbocycles. The zero-order chi connectivity index (χ0) is 20.5. The fourth-order valence-corrected chi connectivity index (χ4v) is 11.6. The van der Waals surface area contributed by atoms with Gasteiger partial charge in [0.2, 0.25) is 0 Å². The Morgan fingerprint density at radius 1 is 0.519 bits per heavy atom. The molecule has 0 bridgehead atoms. The van der Waals surface area contributed by atoms with Crippen LogP contribution in [0.5, 0.6) is 0 Å². The normalized spacial score (nSPS) is 13.3. The molecular weight excluding hydrogens is 466 g/mol. The van der Waals surface area contributed by atoms with Gasteiger partial charge < -0.3 is 0 Å². The topological polar surface area (TPSA) is 0 Å². The van der Waals surface area contributed by atoms with Crippen LogP contribution < -0.4 is 8.07 Å². The Hall–Kier alpha value is -0.318. The summed E-state index contributed by atoms with van der Waals surface area (Å²) in [5.74, 6) is 1.55. The molecule has 0 N–H and O–H groups in total.